The molecule has 72 valence electrons. The first kappa shape index (κ1) is 8.99. The van der Waals surface area contributed by atoms with Gasteiger partial charge in [0.2, 0.25) is 0 Å². The summed E-state index contributed by atoms with van der Waals surface area (Å²) < 4.78 is 36.9. The lowest BCUT2D eigenvalue weighted by Gasteiger charge is -2.01. The Morgan fingerprint density at radius 2 is 2.00 bits per heavy atom. The molecule has 1 fully saturated rings. The molecular formula is C8H8F3NS. The van der Waals surface area contributed by atoms with Crippen LogP contribution in [-0.2, 0) is 6.18 Å². The molecule has 0 aliphatic heterocycles. The van der Waals surface area contributed by atoms with E-state index in [1.807, 2.05) is 0 Å². The van der Waals surface area contributed by atoms with Crippen LogP contribution in [0, 0.1) is 6.92 Å². The fourth-order valence-corrected chi connectivity index (χ4v) is 2.30. The summed E-state index contributed by atoms with van der Waals surface area (Å²) in [7, 11) is 0. The highest BCUT2D eigenvalue weighted by Crippen LogP contribution is 2.44. The van der Waals surface area contributed by atoms with E-state index in [4.69, 9.17) is 0 Å². The SMILES string of the molecule is Cc1sc(C2CC2)nc1C(F)(F)F. The maximum atomic E-state index is 12.3. The molecule has 1 heterocycles. The normalized spacial score (nSPS) is 17.8. The van der Waals surface area contributed by atoms with Crippen molar-refractivity contribution in [3.05, 3.63) is 15.6 Å². The number of alkyl halides is 3. The van der Waals surface area contributed by atoms with Gasteiger partial charge in [-0.3, -0.25) is 0 Å². The molecule has 0 spiro atoms. The van der Waals surface area contributed by atoms with Gasteiger partial charge in [0, 0.05) is 10.8 Å². The Bertz CT molecular complexity index is 325. The average Bonchev–Trinajstić information content (AvgIpc) is 2.73. The Labute approximate surface area is 77.6 Å². The maximum absolute atomic E-state index is 12.3. The minimum Gasteiger partial charge on any atom is -0.236 e. The fraction of sp³-hybridized carbons (Fsp3) is 0.625. The minimum atomic E-state index is -4.28. The standard InChI is InChI=1S/C8H8F3NS/c1-4-6(8(9,10)11)12-7(13-4)5-2-3-5/h5H,2-3H2,1H3. The molecule has 1 aromatic heterocycles. The highest BCUT2D eigenvalue weighted by molar-refractivity contribution is 7.11. The molecule has 0 radical (unpaired) electrons. The van der Waals surface area contributed by atoms with Crippen LogP contribution in [0.5, 0.6) is 0 Å². The van der Waals surface area contributed by atoms with Gasteiger partial charge in [-0.15, -0.1) is 11.3 Å². The van der Waals surface area contributed by atoms with E-state index in [2.05, 4.69) is 4.98 Å². The third-order valence-corrected chi connectivity index (χ3v) is 3.14. The monoisotopic (exact) mass is 207 g/mol. The molecule has 1 aliphatic rings. The lowest BCUT2D eigenvalue weighted by atomic mass is 10.4. The number of halogens is 3. The van der Waals surface area contributed by atoms with E-state index in [9.17, 15) is 13.2 Å². The summed E-state index contributed by atoms with van der Waals surface area (Å²) in [5.41, 5.74) is -0.695. The highest BCUT2D eigenvalue weighted by atomic mass is 32.1. The van der Waals surface area contributed by atoms with Gasteiger partial charge in [-0.1, -0.05) is 0 Å². The molecule has 13 heavy (non-hydrogen) atoms. The van der Waals surface area contributed by atoms with E-state index in [0.29, 0.717) is 10.9 Å². The summed E-state index contributed by atoms with van der Waals surface area (Å²) >= 11 is 1.18. The van der Waals surface area contributed by atoms with Crippen molar-refractivity contribution in [2.75, 3.05) is 0 Å². The van der Waals surface area contributed by atoms with Crippen LogP contribution < -0.4 is 0 Å². The molecule has 5 heteroatoms. The first-order chi connectivity index (χ1) is 5.98. The Morgan fingerprint density at radius 3 is 2.38 bits per heavy atom. The Kier molecular flexibility index (Phi) is 1.87. The zero-order chi connectivity index (χ0) is 9.64. The molecule has 2 rings (SSSR count). The summed E-state index contributed by atoms with van der Waals surface area (Å²) in [4.78, 5) is 3.92. The molecule has 1 aromatic rings. The molecule has 1 aliphatic carbocycles. The quantitative estimate of drug-likeness (QED) is 0.688. The smallest absolute Gasteiger partial charge is 0.236 e. The molecule has 0 unspecified atom stereocenters. The first-order valence-corrected chi connectivity index (χ1v) is 4.84. The summed E-state index contributed by atoms with van der Waals surface area (Å²) in [6.07, 6.45) is -2.30. The summed E-state index contributed by atoms with van der Waals surface area (Å²) in [5, 5.41) is 0.657. The van der Waals surface area contributed by atoms with Crippen LogP contribution in [0.15, 0.2) is 0 Å². The number of rotatable bonds is 1. The van der Waals surface area contributed by atoms with Crippen LogP contribution in [0.25, 0.3) is 0 Å². The lowest BCUT2D eigenvalue weighted by Crippen LogP contribution is -2.07. The zero-order valence-corrected chi connectivity index (χ0v) is 7.80. The Morgan fingerprint density at radius 1 is 1.38 bits per heavy atom. The summed E-state index contributed by atoms with van der Waals surface area (Å²) in [6.45, 7) is 1.48. The van der Waals surface area contributed by atoms with Crippen molar-refractivity contribution in [2.24, 2.45) is 0 Å². The van der Waals surface area contributed by atoms with Crippen molar-refractivity contribution in [1.82, 2.24) is 4.98 Å². The molecule has 0 atom stereocenters. The fourth-order valence-electron chi connectivity index (χ4n) is 1.18. The second kappa shape index (κ2) is 2.70. The van der Waals surface area contributed by atoms with E-state index in [0.717, 1.165) is 12.8 Å². The van der Waals surface area contributed by atoms with Crippen LogP contribution >= 0.6 is 11.3 Å². The third kappa shape index (κ3) is 1.70. The van der Waals surface area contributed by atoms with Crippen LogP contribution in [0.2, 0.25) is 0 Å². The molecule has 0 saturated heterocycles. The van der Waals surface area contributed by atoms with Crippen LogP contribution in [0.4, 0.5) is 13.2 Å². The number of nitrogens with zero attached hydrogens (tertiary/aromatic N) is 1. The van der Waals surface area contributed by atoms with E-state index < -0.39 is 11.9 Å². The summed E-state index contributed by atoms with van der Waals surface area (Å²) in [5.74, 6) is 0.305. The number of aryl methyl sites for hydroxylation is 1. The lowest BCUT2D eigenvalue weighted by molar-refractivity contribution is -0.141. The van der Waals surface area contributed by atoms with Gasteiger partial charge in [0.1, 0.15) is 0 Å². The largest absolute Gasteiger partial charge is 0.434 e. The molecule has 0 amide bonds. The molecular weight excluding hydrogens is 199 g/mol. The Balaban J connectivity index is 2.35. The molecule has 0 N–H and O–H groups in total. The molecule has 1 nitrogen and oxygen atoms in total. The van der Waals surface area contributed by atoms with Gasteiger partial charge in [0.15, 0.2) is 5.69 Å². The van der Waals surface area contributed by atoms with Gasteiger partial charge < -0.3 is 0 Å². The van der Waals surface area contributed by atoms with Crippen molar-refractivity contribution >= 4 is 11.3 Å². The van der Waals surface area contributed by atoms with E-state index in [1.54, 1.807) is 0 Å². The van der Waals surface area contributed by atoms with Crippen molar-refractivity contribution in [1.29, 1.82) is 0 Å². The second-order valence-corrected chi connectivity index (χ2v) is 4.46. The van der Waals surface area contributed by atoms with Crippen LogP contribution in [0.1, 0.15) is 34.3 Å². The van der Waals surface area contributed by atoms with Gasteiger partial charge in [0.05, 0.1) is 5.01 Å². The topological polar surface area (TPSA) is 12.9 Å². The van der Waals surface area contributed by atoms with Crippen molar-refractivity contribution in [3.63, 3.8) is 0 Å². The number of thiazole rings is 1. The first-order valence-electron chi connectivity index (χ1n) is 4.03. The number of aromatic nitrogens is 1. The van der Waals surface area contributed by atoms with E-state index in [1.165, 1.54) is 18.3 Å². The predicted molar refractivity (Wildman–Crippen MR) is 43.8 cm³/mol. The van der Waals surface area contributed by atoms with Gasteiger partial charge in [-0.05, 0) is 19.8 Å². The molecule has 0 bridgehead atoms. The van der Waals surface area contributed by atoms with E-state index in [-0.39, 0.29) is 4.88 Å². The molecule has 0 aromatic carbocycles. The highest BCUT2D eigenvalue weighted by Gasteiger charge is 2.38. The number of hydrogen-bond acceptors (Lipinski definition) is 2. The van der Waals surface area contributed by atoms with Crippen LogP contribution in [-0.4, -0.2) is 4.98 Å². The summed E-state index contributed by atoms with van der Waals surface area (Å²) in [6, 6.07) is 0. The minimum absolute atomic E-state index is 0.286. The second-order valence-electron chi connectivity index (χ2n) is 3.23. The van der Waals surface area contributed by atoms with Gasteiger partial charge in [-0.25, -0.2) is 4.98 Å². The maximum Gasteiger partial charge on any atom is 0.434 e. The van der Waals surface area contributed by atoms with Gasteiger partial charge >= 0.3 is 6.18 Å². The van der Waals surface area contributed by atoms with Crippen LogP contribution in [0.3, 0.4) is 0 Å². The number of hydrogen-bond donors (Lipinski definition) is 0. The van der Waals surface area contributed by atoms with Crippen molar-refractivity contribution in [3.8, 4) is 0 Å². The molecule has 1 saturated carbocycles. The zero-order valence-electron chi connectivity index (χ0n) is 6.98. The van der Waals surface area contributed by atoms with Gasteiger partial charge in [0.25, 0.3) is 0 Å². The van der Waals surface area contributed by atoms with E-state index >= 15 is 0 Å². The van der Waals surface area contributed by atoms with Crippen molar-refractivity contribution in [2.45, 2.75) is 31.9 Å². The van der Waals surface area contributed by atoms with Crippen molar-refractivity contribution < 1.29 is 13.2 Å². The average molecular weight is 207 g/mol. The Hall–Kier alpha value is -0.580. The predicted octanol–water partition coefficient (Wildman–Crippen LogP) is 3.35. The van der Waals surface area contributed by atoms with Gasteiger partial charge in [-0.2, -0.15) is 13.2 Å². The third-order valence-electron chi connectivity index (χ3n) is 2.01.